The Kier molecular flexibility index (Phi) is 6.49. The van der Waals surface area contributed by atoms with Crippen molar-refractivity contribution in [3.8, 4) is 0 Å². The molecule has 0 bridgehead atoms. The fourth-order valence-corrected chi connectivity index (χ4v) is 3.69. The molecule has 33 heavy (non-hydrogen) atoms. The molecule has 0 unspecified atom stereocenters. The van der Waals surface area contributed by atoms with Crippen molar-refractivity contribution in [3.63, 3.8) is 0 Å². The predicted octanol–water partition coefficient (Wildman–Crippen LogP) is 5.01. The zero-order valence-electron chi connectivity index (χ0n) is 17.6. The SMILES string of the molecule is Cc1ccc(C(=O)NCc2ccccc2)cc1NC1=C(Cl)C(=O)N(c2ccc(Cl)cc2)C1=O. The molecule has 0 spiro atoms. The maximum absolute atomic E-state index is 13.0. The summed E-state index contributed by atoms with van der Waals surface area (Å²) in [5.41, 5.74) is 2.95. The molecule has 166 valence electrons. The van der Waals surface area contributed by atoms with Crippen LogP contribution in [0.3, 0.4) is 0 Å². The standard InChI is InChI=1S/C25H19Cl2N3O3/c1-15-7-8-17(23(31)28-14-16-5-3-2-4-6-16)13-20(15)29-22-21(27)24(32)30(25(22)33)19-11-9-18(26)10-12-19/h2-13,29H,14H2,1H3,(H,28,31). The van der Waals surface area contributed by atoms with Crippen LogP contribution in [0.1, 0.15) is 21.5 Å². The maximum Gasteiger partial charge on any atom is 0.283 e. The van der Waals surface area contributed by atoms with Crippen molar-refractivity contribution in [1.82, 2.24) is 5.32 Å². The van der Waals surface area contributed by atoms with E-state index in [-0.39, 0.29) is 16.6 Å². The number of hydrogen-bond acceptors (Lipinski definition) is 4. The van der Waals surface area contributed by atoms with Crippen molar-refractivity contribution in [2.75, 3.05) is 10.2 Å². The van der Waals surface area contributed by atoms with Crippen LogP contribution < -0.4 is 15.5 Å². The fourth-order valence-electron chi connectivity index (χ4n) is 3.35. The van der Waals surface area contributed by atoms with Crippen LogP contribution in [-0.2, 0) is 16.1 Å². The molecule has 6 nitrogen and oxygen atoms in total. The highest BCUT2D eigenvalue weighted by Crippen LogP contribution is 2.31. The van der Waals surface area contributed by atoms with E-state index in [1.807, 2.05) is 37.3 Å². The van der Waals surface area contributed by atoms with E-state index in [1.54, 1.807) is 42.5 Å². The first kappa shape index (κ1) is 22.6. The number of aryl methyl sites for hydroxylation is 1. The smallest absolute Gasteiger partial charge is 0.283 e. The lowest BCUT2D eigenvalue weighted by Gasteiger charge is -2.16. The van der Waals surface area contributed by atoms with Crippen molar-refractivity contribution < 1.29 is 14.4 Å². The lowest BCUT2D eigenvalue weighted by atomic mass is 10.1. The summed E-state index contributed by atoms with van der Waals surface area (Å²) in [6.45, 7) is 2.21. The summed E-state index contributed by atoms with van der Waals surface area (Å²) in [7, 11) is 0. The molecule has 8 heteroatoms. The Morgan fingerprint density at radius 2 is 1.61 bits per heavy atom. The van der Waals surface area contributed by atoms with Gasteiger partial charge in [0, 0.05) is 22.8 Å². The summed E-state index contributed by atoms with van der Waals surface area (Å²) in [5, 5.41) is 6.07. The molecule has 1 aliphatic rings. The Hall–Kier alpha value is -3.61. The summed E-state index contributed by atoms with van der Waals surface area (Å²) >= 11 is 12.1. The third-order valence-corrected chi connectivity index (χ3v) is 5.77. The quantitative estimate of drug-likeness (QED) is 0.486. The summed E-state index contributed by atoms with van der Waals surface area (Å²) in [6.07, 6.45) is 0. The minimum absolute atomic E-state index is 0.0541. The maximum atomic E-state index is 13.0. The molecular weight excluding hydrogens is 461 g/mol. The first-order valence-corrected chi connectivity index (χ1v) is 10.8. The molecule has 0 saturated carbocycles. The second-order valence-electron chi connectivity index (χ2n) is 7.43. The summed E-state index contributed by atoms with van der Waals surface area (Å²) in [5.74, 6) is -1.50. The minimum Gasteiger partial charge on any atom is -0.349 e. The van der Waals surface area contributed by atoms with E-state index in [4.69, 9.17) is 23.2 Å². The largest absolute Gasteiger partial charge is 0.349 e. The molecule has 0 aromatic heterocycles. The van der Waals surface area contributed by atoms with Crippen molar-refractivity contribution >= 4 is 52.3 Å². The molecule has 0 atom stereocenters. The lowest BCUT2D eigenvalue weighted by Crippen LogP contribution is -2.32. The van der Waals surface area contributed by atoms with Crippen LogP contribution in [0.15, 0.2) is 83.5 Å². The monoisotopic (exact) mass is 479 g/mol. The Balaban J connectivity index is 1.53. The van der Waals surface area contributed by atoms with Crippen LogP contribution in [0.25, 0.3) is 0 Å². The van der Waals surface area contributed by atoms with Crippen LogP contribution in [0.2, 0.25) is 5.02 Å². The van der Waals surface area contributed by atoms with Gasteiger partial charge in [0.05, 0.1) is 5.69 Å². The molecular formula is C25H19Cl2N3O3. The van der Waals surface area contributed by atoms with Crippen LogP contribution in [-0.4, -0.2) is 17.7 Å². The third kappa shape index (κ3) is 4.77. The number of halogens is 2. The van der Waals surface area contributed by atoms with Gasteiger partial charge in [0.1, 0.15) is 10.7 Å². The molecule has 2 N–H and O–H groups in total. The molecule has 1 aliphatic heterocycles. The predicted molar refractivity (Wildman–Crippen MR) is 129 cm³/mol. The lowest BCUT2D eigenvalue weighted by molar-refractivity contribution is -0.120. The van der Waals surface area contributed by atoms with Gasteiger partial charge in [-0.15, -0.1) is 0 Å². The van der Waals surface area contributed by atoms with Gasteiger partial charge in [-0.3, -0.25) is 14.4 Å². The molecule has 0 fully saturated rings. The third-order valence-electron chi connectivity index (χ3n) is 5.17. The number of benzene rings is 3. The molecule has 3 aromatic rings. The van der Waals surface area contributed by atoms with E-state index in [0.29, 0.717) is 28.5 Å². The van der Waals surface area contributed by atoms with Crippen molar-refractivity contribution in [2.45, 2.75) is 13.5 Å². The van der Waals surface area contributed by atoms with Gasteiger partial charge in [-0.2, -0.15) is 0 Å². The Morgan fingerprint density at radius 1 is 0.909 bits per heavy atom. The van der Waals surface area contributed by atoms with Gasteiger partial charge in [-0.05, 0) is 54.4 Å². The second-order valence-corrected chi connectivity index (χ2v) is 8.25. The molecule has 1 heterocycles. The molecule has 0 radical (unpaired) electrons. The van der Waals surface area contributed by atoms with Crippen LogP contribution >= 0.6 is 23.2 Å². The fraction of sp³-hybridized carbons (Fsp3) is 0.0800. The molecule has 3 aromatic carbocycles. The normalized spacial score (nSPS) is 13.5. The second kappa shape index (κ2) is 9.48. The Bertz CT molecular complexity index is 1270. The van der Waals surface area contributed by atoms with E-state index in [9.17, 15) is 14.4 Å². The number of rotatable bonds is 6. The van der Waals surface area contributed by atoms with Gasteiger partial charge in [0.15, 0.2) is 0 Å². The highest BCUT2D eigenvalue weighted by Gasteiger charge is 2.39. The number of anilines is 2. The summed E-state index contributed by atoms with van der Waals surface area (Å²) in [4.78, 5) is 39.3. The van der Waals surface area contributed by atoms with E-state index in [0.717, 1.165) is 16.0 Å². The zero-order chi connectivity index (χ0) is 23.5. The first-order valence-electron chi connectivity index (χ1n) is 10.1. The number of carbonyl (C=O) groups excluding carboxylic acids is 3. The van der Waals surface area contributed by atoms with E-state index in [2.05, 4.69) is 10.6 Å². The van der Waals surface area contributed by atoms with Crippen molar-refractivity contribution in [1.29, 1.82) is 0 Å². The first-order chi connectivity index (χ1) is 15.8. The van der Waals surface area contributed by atoms with Crippen LogP contribution in [0.5, 0.6) is 0 Å². The van der Waals surface area contributed by atoms with Crippen molar-refractivity contribution in [3.05, 3.63) is 105 Å². The number of imide groups is 1. The summed E-state index contributed by atoms with van der Waals surface area (Å²) in [6, 6.07) is 20.9. The number of nitrogens with zero attached hydrogens (tertiary/aromatic N) is 1. The van der Waals surface area contributed by atoms with Crippen LogP contribution in [0.4, 0.5) is 11.4 Å². The highest BCUT2D eigenvalue weighted by atomic mass is 35.5. The molecule has 4 rings (SSSR count). The Morgan fingerprint density at radius 3 is 2.30 bits per heavy atom. The Labute approximate surface area is 200 Å². The topological polar surface area (TPSA) is 78.5 Å². The average molecular weight is 480 g/mol. The molecule has 0 saturated heterocycles. The molecule has 3 amide bonds. The number of nitrogens with one attached hydrogen (secondary N) is 2. The number of carbonyl (C=O) groups is 3. The van der Waals surface area contributed by atoms with Gasteiger partial charge in [-0.1, -0.05) is 59.6 Å². The van der Waals surface area contributed by atoms with Gasteiger partial charge in [-0.25, -0.2) is 4.90 Å². The minimum atomic E-state index is -0.638. The van der Waals surface area contributed by atoms with Gasteiger partial charge in [0.2, 0.25) is 0 Å². The average Bonchev–Trinajstić information content (AvgIpc) is 3.03. The van der Waals surface area contributed by atoms with E-state index in [1.165, 1.54) is 0 Å². The van der Waals surface area contributed by atoms with Gasteiger partial charge < -0.3 is 10.6 Å². The van der Waals surface area contributed by atoms with Crippen molar-refractivity contribution in [2.24, 2.45) is 0 Å². The van der Waals surface area contributed by atoms with Gasteiger partial charge >= 0.3 is 0 Å². The van der Waals surface area contributed by atoms with Crippen LogP contribution in [0, 0.1) is 6.92 Å². The summed E-state index contributed by atoms with van der Waals surface area (Å²) < 4.78 is 0. The highest BCUT2D eigenvalue weighted by molar-refractivity contribution is 6.53. The molecule has 0 aliphatic carbocycles. The van der Waals surface area contributed by atoms with E-state index < -0.39 is 11.8 Å². The van der Waals surface area contributed by atoms with E-state index >= 15 is 0 Å². The zero-order valence-corrected chi connectivity index (χ0v) is 19.1. The number of amides is 3. The number of hydrogen-bond donors (Lipinski definition) is 2. The van der Waals surface area contributed by atoms with Gasteiger partial charge in [0.25, 0.3) is 17.7 Å².